The fraction of sp³-hybridized carbons (Fsp3) is 0.444. The van der Waals surface area contributed by atoms with E-state index in [1.165, 1.54) is 6.92 Å². The van der Waals surface area contributed by atoms with E-state index in [0.717, 1.165) is 18.7 Å². The zero-order chi connectivity index (χ0) is 18.0. The highest BCUT2D eigenvalue weighted by Crippen LogP contribution is 2.37. The van der Waals surface area contributed by atoms with E-state index in [-0.39, 0.29) is 11.4 Å². The van der Waals surface area contributed by atoms with Crippen molar-refractivity contribution in [1.29, 1.82) is 0 Å². The molecule has 2 aliphatic rings. The third-order valence-electron chi connectivity index (χ3n) is 4.63. The number of amides is 1. The van der Waals surface area contributed by atoms with Gasteiger partial charge in [0.15, 0.2) is 11.5 Å². The minimum Gasteiger partial charge on any atom is -0.503 e. The summed E-state index contributed by atoms with van der Waals surface area (Å²) in [5.41, 5.74) is 0.906. The summed E-state index contributed by atoms with van der Waals surface area (Å²) < 4.78 is 5.33. The molecule has 3 rings (SSSR count). The summed E-state index contributed by atoms with van der Waals surface area (Å²) in [6, 6.07) is 6.42. The van der Waals surface area contributed by atoms with Crippen LogP contribution in [0.4, 0.5) is 0 Å². The molecule has 1 atom stereocenters. The minimum absolute atomic E-state index is 0.147. The Morgan fingerprint density at radius 1 is 1.24 bits per heavy atom. The van der Waals surface area contributed by atoms with E-state index < -0.39 is 17.7 Å². The number of halogens is 1. The van der Waals surface area contributed by atoms with Gasteiger partial charge in [-0.1, -0.05) is 23.7 Å². The highest BCUT2D eigenvalue weighted by atomic mass is 35.5. The van der Waals surface area contributed by atoms with Crippen LogP contribution in [-0.2, 0) is 14.3 Å². The Balaban J connectivity index is 1.85. The van der Waals surface area contributed by atoms with Crippen LogP contribution in [0.3, 0.4) is 0 Å². The van der Waals surface area contributed by atoms with Crippen LogP contribution >= 0.6 is 11.6 Å². The molecule has 134 valence electrons. The fourth-order valence-electron chi connectivity index (χ4n) is 3.31. The number of morpholine rings is 1. The van der Waals surface area contributed by atoms with Crippen LogP contribution in [-0.4, -0.2) is 66.0 Å². The van der Waals surface area contributed by atoms with Crippen molar-refractivity contribution in [3.63, 3.8) is 0 Å². The first-order valence-corrected chi connectivity index (χ1v) is 8.67. The summed E-state index contributed by atoms with van der Waals surface area (Å²) in [6.45, 7) is 5.44. The summed E-state index contributed by atoms with van der Waals surface area (Å²) in [5.74, 6) is -1.26. The number of ketones is 1. The summed E-state index contributed by atoms with van der Waals surface area (Å²) in [4.78, 5) is 28.4. The molecule has 0 bridgehead atoms. The average Bonchev–Trinajstić information content (AvgIpc) is 2.86. The number of hydrogen-bond donors (Lipinski definition) is 1. The van der Waals surface area contributed by atoms with Crippen molar-refractivity contribution in [1.82, 2.24) is 9.80 Å². The van der Waals surface area contributed by atoms with E-state index in [2.05, 4.69) is 4.90 Å². The third-order valence-corrected chi connectivity index (χ3v) is 4.88. The first kappa shape index (κ1) is 17.9. The molecular weight excluding hydrogens is 344 g/mol. The Labute approximate surface area is 151 Å². The lowest BCUT2D eigenvalue weighted by atomic mass is 9.97. The molecule has 1 aromatic rings. The molecule has 0 aromatic heterocycles. The lowest BCUT2D eigenvalue weighted by Crippen LogP contribution is -2.43. The van der Waals surface area contributed by atoms with Gasteiger partial charge in [-0.25, -0.2) is 0 Å². The maximum absolute atomic E-state index is 12.5. The number of benzene rings is 1. The maximum atomic E-state index is 12.5. The molecule has 0 saturated carbocycles. The van der Waals surface area contributed by atoms with Crippen LogP contribution in [0, 0.1) is 0 Å². The second-order valence-electron chi connectivity index (χ2n) is 6.23. The third kappa shape index (κ3) is 3.71. The van der Waals surface area contributed by atoms with Crippen LogP contribution in [0.15, 0.2) is 35.6 Å². The average molecular weight is 365 g/mol. The summed E-state index contributed by atoms with van der Waals surface area (Å²) in [5, 5.41) is 10.8. The molecule has 0 aliphatic carbocycles. The van der Waals surface area contributed by atoms with Gasteiger partial charge < -0.3 is 14.7 Å². The molecule has 0 radical (unpaired) electrons. The van der Waals surface area contributed by atoms with Crippen molar-refractivity contribution < 1.29 is 19.4 Å². The molecule has 0 spiro atoms. The molecule has 1 amide bonds. The molecule has 1 aromatic carbocycles. The van der Waals surface area contributed by atoms with Gasteiger partial charge >= 0.3 is 0 Å². The van der Waals surface area contributed by atoms with Gasteiger partial charge in [-0.15, -0.1) is 0 Å². The lowest BCUT2D eigenvalue weighted by molar-refractivity contribution is -0.129. The zero-order valence-corrected chi connectivity index (χ0v) is 14.8. The summed E-state index contributed by atoms with van der Waals surface area (Å²) in [6.07, 6.45) is 0. The Kier molecular flexibility index (Phi) is 5.42. The highest BCUT2D eigenvalue weighted by Gasteiger charge is 2.42. The molecular formula is C18H21ClN2O4. The molecule has 1 unspecified atom stereocenters. The van der Waals surface area contributed by atoms with Gasteiger partial charge in [-0.3, -0.25) is 14.5 Å². The molecule has 1 N–H and O–H groups in total. The first-order valence-electron chi connectivity index (χ1n) is 8.29. The quantitative estimate of drug-likeness (QED) is 0.864. The SMILES string of the molecule is CC(=O)C1=C(O)C(=O)N(CCN2CCOCC2)C1c1ccc(Cl)cc1. The van der Waals surface area contributed by atoms with E-state index in [1.807, 2.05) is 0 Å². The van der Waals surface area contributed by atoms with Gasteiger partial charge in [0.1, 0.15) is 0 Å². The molecule has 7 heteroatoms. The van der Waals surface area contributed by atoms with Crippen molar-refractivity contribution >= 4 is 23.3 Å². The fourth-order valence-corrected chi connectivity index (χ4v) is 3.44. The number of Topliss-reactive ketones (excluding diaryl/α,β-unsaturated/α-hetero) is 1. The predicted octanol–water partition coefficient (Wildman–Crippen LogP) is 1.96. The van der Waals surface area contributed by atoms with Crippen LogP contribution in [0.1, 0.15) is 18.5 Å². The van der Waals surface area contributed by atoms with Gasteiger partial charge in [0, 0.05) is 31.2 Å². The van der Waals surface area contributed by atoms with Gasteiger partial charge in [-0.05, 0) is 24.6 Å². The number of hydrogen-bond acceptors (Lipinski definition) is 5. The lowest BCUT2D eigenvalue weighted by Gasteiger charge is -2.31. The minimum atomic E-state index is -0.580. The number of aliphatic hydroxyl groups excluding tert-OH is 1. The molecule has 1 fully saturated rings. The van der Waals surface area contributed by atoms with Crippen molar-refractivity contribution in [3.8, 4) is 0 Å². The van der Waals surface area contributed by atoms with Gasteiger partial charge in [-0.2, -0.15) is 0 Å². The number of aliphatic hydroxyl groups is 1. The van der Waals surface area contributed by atoms with E-state index in [9.17, 15) is 14.7 Å². The molecule has 25 heavy (non-hydrogen) atoms. The topological polar surface area (TPSA) is 70.1 Å². The van der Waals surface area contributed by atoms with Crippen LogP contribution in [0.25, 0.3) is 0 Å². The number of carbonyl (C=O) groups is 2. The predicted molar refractivity (Wildman–Crippen MR) is 93.5 cm³/mol. The van der Waals surface area contributed by atoms with Crippen molar-refractivity contribution in [2.75, 3.05) is 39.4 Å². The first-order chi connectivity index (χ1) is 12.0. The number of rotatable bonds is 5. The maximum Gasteiger partial charge on any atom is 0.290 e. The van der Waals surface area contributed by atoms with E-state index in [1.54, 1.807) is 29.2 Å². The highest BCUT2D eigenvalue weighted by molar-refractivity contribution is 6.30. The van der Waals surface area contributed by atoms with Gasteiger partial charge in [0.05, 0.1) is 24.8 Å². The van der Waals surface area contributed by atoms with Crippen LogP contribution < -0.4 is 0 Å². The van der Waals surface area contributed by atoms with Crippen molar-refractivity contribution in [3.05, 3.63) is 46.2 Å². The van der Waals surface area contributed by atoms with Gasteiger partial charge in [0.25, 0.3) is 5.91 Å². The Hall–Kier alpha value is -1.89. The van der Waals surface area contributed by atoms with E-state index in [0.29, 0.717) is 31.3 Å². The molecule has 1 saturated heterocycles. The Morgan fingerprint density at radius 2 is 1.88 bits per heavy atom. The summed E-state index contributed by atoms with van der Waals surface area (Å²) in [7, 11) is 0. The van der Waals surface area contributed by atoms with Crippen molar-refractivity contribution in [2.45, 2.75) is 13.0 Å². The Morgan fingerprint density at radius 3 is 2.48 bits per heavy atom. The molecule has 2 aliphatic heterocycles. The summed E-state index contributed by atoms with van der Waals surface area (Å²) >= 11 is 5.95. The smallest absolute Gasteiger partial charge is 0.290 e. The second kappa shape index (κ2) is 7.56. The van der Waals surface area contributed by atoms with Crippen molar-refractivity contribution in [2.24, 2.45) is 0 Å². The second-order valence-corrected chi connectivity index (χ2v) is 6.66. The molecule has 2 heterocycles. The normalized spacial score (nSPS) is 21.9. The van der Waals surface area contributed by atoms with E-state index >= 15 is 0 Å². The van der Waals surface area contributed by atoms with Crippen LogP contribution in [0.5, 0.6) is 0 Å². The largest absolute Gasteiger partial charge is 0.503 e. The standard InChI is InChI=1S/C18H21ClN2O4/c1-12(22)15-16(13-2-4-14(19)5-3-13)21(18(24)17(15)23)7-6-20-8-10-25-11-9-20/h2-5,16,23H,6-11H2,1H3. The van der Waals surface area contributed by atoms with E-state index in [4.69, 9.17) is 16.3 Å². The van der Waals surface area contributed by atoms with Gasteiger partial charge in [0.2, 0.25) is 0 Å². The monoisotopic (exact) mass is 364 g/mol. The number of ether oxygens (including phenoxy) is 1. The Bertz CT molecular complexity index is 696. The molecule has 6 nitrogen and oxygen atoms in total. The number of carbonyl (C=O) groups excluding carboxylic acids is 2. The zero-order valence-electron chi connectivity index (χ0n) is 14.1. The number of nitrogens with zero attached hydrogens (tertiary/aromatic N) is 2. The van der Waals surface area contributed by atoms with Crippen LogP contribution in [0.2, 0.25) is 5.02 Å².